The third-order valence-corrected chi connectivity index (χ3v) is 6.66. The van der Waals surface area contributed by atoms with E-state index >= 15 is 0 Å². The van der Waals surface area contributed by atoms with E-state index in [1.807, 2.05) is 0 Å². The van der Waals surface area contributed by atoms with Crippen molar-refractivity contribution >= 4 is 28.9 Å². The van der Waals surface area contributed by atoms with Gasteiger partial charge in [0.25, 0.3) is 0 Å². The summed E-state index contributed by atoms with van der Waals surface area (Å²) in [5.41, 5.74) is 3.64. The Hall–Kier alpha value is -1.62. The van der Waals surface area contributed by atoms with Gasteiger partial charge < -0.3 is 15.5 Å². The van der Waals surface area contributed by atoms with Crippen LogP contribution < -0.4 is 10.6 Å². The standard InChI is InChI=1S/C21H29N3OS/c1-13-5-3-8-19(14(13)2)23-21(26)24-17-6-4-7-18(24)12-16(11-17)22-20(25)15-9-10-15/h3,5,8,15-18H,4,6-7,9-12H2,1-2H3,(H,22,25)(H,23,26)/t17-,18-/m0/s1. The molecule has 0 unspecified atom stereocenters. The summed E-state index contributed by atoms with van der Waals surface area (Å²) in [6.07, 6.45) is 7.78. The second kappa shape index (κ2) is 7.18. The van der Waals surface area contributed by atoms with Gasteiger partial charge in [0, 0.05) is 29.7 Å². The maximum atomic E-state index is 12.2. The molecule has 140 valence electrons. The van der Waals surface area contributed by atoms with Gasteiger partial charge in [0.15, 0.2) is 5.11 Å². The average Bonchev–Trinajstić information content (AvgIpc) is 3.43. The molecular formula is C21H29N3OS. The molecule has 2 atom stereocenters. The lowest BCUT2D eigenvalue weighted by atomic mass is 9.82. The number of rotatable bonds is 3. The van der Waals surface area contributed by atoms with Gasteiger partial charge in [-0.3, -0.25) is 4.79 Å². The van der Waals surface area contributed by atoms with Gasteiger partial charge in [-0.1, -0.05) is 12.1 Å². The van der Waals surface area contributed by atoms with Crippen LogP contribution in [0.25, 0.3) is 0 Å². The fraction of sp³-hybridized carbons (Fsp3) is 0.619. The Bertz CT molecular complexity index is 701. The van der Waals surface area contributed by atoms with Gasteiger partial charge in [0.05, 0.1) is 0 Å². The number of piperidine rings is 2. The molecule has 1 aromatic carbocycles. The highest BCUT2D eigenvalue weighted by Gasteiger charge is 2.41. The molecule has 2 N–H and O–H groups in total. The van der Waals surface area contributed by atoms with Crippen LogP contribution in [0.4, 0.5) is 5.69 Å². The number of amides is 1. The first-order valence-corrected chi connectivity index (χ1v) is 10.4. The summed E-state index contributed by atoms with van der Waals surface area (Å²) in [6.45, 7) is 4.27. The van der Waals surface area contributed by atoms with Crippen molar-refractivity contribution in [3.8, 4) is 0 Å². The van der Waals surface area contributed by atoms with Crippen molar-refractivity contribution < 1.29 is 4.79 Å². The summed E-state index contributed by atoms with van der Waals surface area (Å²) in [7, 11) is 0. The first-order valence-electron chi connectivity index (χ1n) is 9.99. The quantitative estimate of drug-likeness (QED) is 0.791. The van der Waals surface area contributed by atoms with Gasteiger partial charge in [-0.2, -0.15) is 0 Å². The highest BCUT2D eigenvalue weighted by atomic mass is 32.1. The van der Waals surface area contributed by atoms with Crippen LogP contribution in [0, 0.1) is 19.8 Å². The molecule has 0 aromatic heterocycles. The molecular weight excluding hydrogens is 342 g/mol. The summed E-state index contributed by atoms with van der Waals surface area (Å²) in [6, 6.07) is 7.51. The Morgan fingerprint density at radius 2 is 1.81 bits per heavy atom. The van der Waals surface area contributed by atoms with Crippen molar-refractivity contribution in [2.24, 2.45) is 5.92 Å². The lowest BCUT2D eigenvalue weighted by molar-refractivity contribution is -0.123. The van der Waals surface area contributed by atoms with Gasteiger partial charge >= 0.3 is 0 Å². The van der Waals surface area contributed by atoms with Crippen LogP contribution in [0.3, 0.4) is 0 Å². The number of carbonyl (C=O) groups is 1. The molecule has 3 fully saturated rings. The lowest BCUT2D eigenvalue weighted by Gasteiger charge is -2.50. The van der Waals surface area contributed by atoms with Crippen molar-refractivity contribution in [3.63, 3.8) is 0 Å². The minimum absolute atomic E-state index is 0.276. The molecule has 1 aliphatic carbocycles. The molecule has 0 radical (unpaired) electrons. The normalized spacial score (nSPS) is 27.8. The van der Waals surface area contributed by atoms with E-state index in [2.05, 4.69) is 47.6 Å². The summed E-state index contributed by atoms with van der Waals surface area (Å²) in [4.78, 5) is 14.6. The monoisotopic (exact) mass is 371 g/mol. The molecule has 3 aliphatic rings. The second-order valence-corrected chi connectivity index (χ2v) is 8.66. The molecule has 2 bridgehead atoms. The fourth-order valence-corrected chi connectivity index (χ4v) is 4.97. The van der Waals surface area contributed by atoms with Gasteiger partial charge in [0.2, 0.25) is 5.91 Å². The largest absolute Gasteiger partial charge is 0.353 e. The van der Waals surface area contributed by atoms with Crippen LogP contribution in [0.15, 0.2) is 18.2 Å². The molecule has 5 heteroatoms. The number of hydrogen-bond acceptors (Lipinski definition) is 2. The van der Waals surface area contributed by atoms with E-state index in [4.69, 9.17) is 12.2 Å². The number of hydrogen-bond donors (Lipinski definition) is 2. The van der Waals surface area contributed by atoms with E-state index in [1.165, 1.54) is 30.4 Å². The Morgan fingerprint density at radius 1 is 1.12 bits per heavy atom. The maximum Gasteiger partial charge on any atom is 0.223 e. The molecule has 1 saturated carbocycles. The molecule has 2 aliphatic heterocycles. The zero-order valence-corrected chi connectivity index (χ0v) is 16.6. The van der Waals surface area contributed by atoms with Crippen molar-refractivity contribution in [2.75, 3.05) is 5.32 Å². The van der Waals surface area contributed by atoms with E-state index < -0.39 is 0 Å². The number of nitrogens with zero attached hydrogens (tertiary/aromatic N) is 1. The topological polar surface area (TPSA) is 44.4 Å². The minimum atomic E-state index is 0.276. The molecule has 1 aromatic rings. The third-order valence-electron chi connectivity index (χ3n) is 6.35. The molecule has 2 saturated heterocycles. The average molecular weight is 372 g/mol. The highest BCUT2D eigenvalue weighted by molar-refractivity contribution is 7.80. The van der Waals surface area contributed by atoms with Crippen LogP contribution in [0.1, 0.15) is 56.1 Å². The molecule has 0 spiro atoms. The lowest BCUT2D eigenvalue weighted by Crippen LogP contribution is -2.59. The van der Waals surface area contributed by atoms with Crippen LogP contribution in [0.5, 0.6) is 0 Å². The van der Waals surface area contributed by atoms with Crippen molar-refractivity contribution in [1.29, 1.82) is 0 Å². The smallest absolute Gasteiger partial charge is 0.223 e. The Balaban J connectivity index is 1.44. The maximum absolute atomic E-state index is 12.2. The van der Waals surface area contributed by atoms with Crippen LogP contribution in [0.2, 0.25) is 0 Å². The van der Waals surface area contributed by atoms with E-state index in [0.29, 0.717) is 24.0 Å². The summed E-state index contributed by atoms with van der Waals surface area (Å²) < 4.78 is 0. The molecule has 4 nitrogen and oxygen atoms in total. The van der Waals surface area contributed by atoms with Crippen molar-refractivity contribution in [1.82, 2.24) is 10.2 Å². The van der Waals surface area contributed by atoms with Gasteiger partial charge in [-0.25, -0.2) is 0 Å². The number of aryl methyl sites for hydroxylation is 1. The summed E-state index contributed by atoms with van der Waals surface area (Å²) >= 11 is 5.82. The highest BCUT2D eigenvalue weighted by Crippen LogP contribution is 2.36. The van der Waals surface area contributed by atoms with Gasteiger partial charge in [-0.15, -0.1) is 0 Å². The molecule has 2 heterocycles. The van der Waals surface area contributed by atoms with Gasteiger partial charge in [-0.05, 0) is 88.2 Å². The van der Waals surface area contributed by atoms with Crippen LogP contribution in [-0.4, -0.2) is 34.0 Å². The predicted molar refractivity (Wildman–Crippen MR) is 109 cm³/mol. The predicted octanol–water partition coefficient (Wildman–Crippen LogP) is 3.91. The van der Waals surface area contributed by atoms with Crippen LogP contribution >= 0.6 is 12.2 Å². The van der Waals surface area contributed by atoms with Crippen LogP contribution in [-0.2, 0) is 4.79 Å². The zero-order chi connectivity index (χ0) is 18.3. The Labute approximate surface area is 161 Å². The van der Waals surface area contributed by atoms with Crippen molar-refractivity contribution in [3.05, 3.63) is 29.3 Å². The van der Waals surface area contributed by atoms with E-state index in [0.717, 1.165) is 36.5 Å². The fourth-order valence-electron chi connectivity index (χ4n) is 4.56. The number of benzene rings is 1. The third kappa shape index (κ3) is 3.59. The van der Waals surface area contributed by atoms with Gasteiger partial charge in [0.1, 0.15) is 0 Å². The first kappa shape index (κ1) is 17.8. The Morgan fingerprint density at radius 3 is 2.46 bits per heavy atom. The Kier molecular flexibility index (Phi) is 4.91. The molecule has 1 amide bonds. The number of nitrogens with one attached hydrogen (secondary N) is 2. The van der Waals surface area contributed by atoms with E-state index in [-0.39, 0.29) is 5.91 Å². The zero-order valence-electron chi connectivity index (χ0n) is 15.8. The summed E-state index contributed by atoms with van der Waals surface area (Å²) in [5, 5.41) is 7.66. The number of thiocarbonyl (C=S) groups is 1. The van der Waals surface area contributed by atoms with Crippen molar-refractivity contribution in [2.45, 2.75) is 76.9 Å². The number of anilines is 1. The van der Waals surface area contributed by atoms with E-state index in [9.17, 15) is 4.79 Å². The SMILES string of the molecule is Cc1cccc(NC(=S)N2[C@H]3CCC[C@H]2CC(NC(=O)C2CC2)C3)c1C. The molecule has 26 heavy (non-hydrogen) atoms. The minimum Gasteiger partial charge on any atom is -0.353 e. The first-order chi connectivity index (χ1) is 12.5. The number of carbonyl (C=O) groups excluding carboxylic acids is 1. The summed E-state index contributed by atoms with van der Waals surface area (Å²) in [5.74, 6) is 0.567. The van der Waals surface area contributed by atoms with E-state index in [1.54, 1.807) is 0 Å². The number of fused-ring (bicyclic) bond motifs is 2. The molecule has 4 rings (SSSR count). The second-order valence-electron chi connectivity index (χ2n) is 8.27.